The minimum absolute atomic E-state index is 0.0272. The van der Waals surface area contributed by atoms with Gasteiger partial charge in [0.25, 0.3) is 5.69 Å². The van der Waals surface area contributed by atoms with Crippen molar-refractivity contribution in [3.8, 4) is 5.69 Å². The zero-order valence-corrected chi connectivity index (χ0v) is 14.3. The highest BCUT2D eigenvalue weighted by Gasteiger charge is 2.25. The molecule has 126 valence electrons. The van der Waals surface area contributed by atoms with Crippen LogP contribution in [0.3, 0.4) is 0 Å². The fourth-order valence-corrected chi connectivity index (χ4v) is 3.63. The highest BCUT2D eigenvalue weighted by Crippen LogP contribution is 2.36. The first kappa shape index (κ1) is 16.5. The summed E-state index contributed by atoms with van der Waals surface area (Å²) in [5.74, 6) is 2.51. The van der Waals surface area contributed by atoms with Crippen molar-refractivity contribution in [3.63, 3.8) is 0 Å². The molecule has 7 nitrogen and oxygen atoms in total. The van der Waals surface area contributed by atoms with Gasteiger partial charge in [-0.25, -0.2) is 4.68 Å². The number of nitro benzene ring substituents is 1. The Morgan fingerprint density at radius 2 is 2.08 bits per heavy atom. The summed E-state index contributed by atoms with van der Waals surface area (Å²) in [6.45, 7) is 3.99. The molecule has 0 atom stereocenters. The Morgan fingerprint density at radius 1 is 1.38 bits per heavy atom. The minimum atomic E-state index is -0.436. The van der Waals surface area contributed by atoms with Crippen LogP contribution in [-0.2, 0) is 16.3 Å². The highest BCUT2D eigenvalue weighted by atomic mass is 32.2. The van der Waals surface area contributed by atoms with Crippen LogP contribution < -0.4 is 5.32 Å². The monoisotopic (exact) mass is 346 g/mol. The van der Waals surface area contributed by atoms with Gasteiger partial charge in [-0.2, -0.15) is 16.9 Å². The smallest absolute Gasteiger partial charge is 0.269 e. The van der Waals surface area contributed by atoms with Crippen molar-refractivity contribution in [2.24, 2.45) is 5.92 Å². The Hall–Kier alpha value is -2.35. The summed E-state index contributed by atoms with van der Waals surface area (Å²) in [5, 5.41) is 18.4. The number of hydrogen-bond donors (Lipinski definition) is 1. The predicted molar refractivity (Wildman–Crippen MR) is 93.3 cm³/mol. The number of amides is 1. The SMILES string of the molecule is CC(C)CC(=O)Nc1c2c(nn1-c1ccc([N+](=O)[O-])cc1)CSC2. The molecule has 1 N–H and O–H groups in total. The number of carbonyl (C=O) groups excluding carboxylic acids is 1. The molecule has 8 heteroatoms. The molecule has 1 aliphatic heterocycles. The molecule has 3 rings (SSSR count). The Kier molecular flexibility index (Phi) is 4.57. The van der Waals surface area contributed by atoms with Crippen molar-refractivity contribution in [1.29, 1.82) is 0 Å². The maximum absolute atomic E-state index is 12.2. The third-order valence-corrected chi connectivity index (χ3v) is 4.68. The number of non-ortho nitro benzene ring substituents is 1. The maximum Gasteiger partial charge on any atom is 0.269 e. The highest BCUT2D eigenvalue weighted by molar-refractivity contribution is 7.98. The van der Waals surface area contributed by atoms with E-state index >= 15 is 0 Å². The number of aromatic nitrogens is 2. The number of benzene rings is 1. The number of thioether (sulfide) groups is 1. The number of rotatable bonds is 5. The second-order valence-electron chi connectivity index (χ2n) is 6.10. The van der Waals surface area contributed by atoms with Crippen LogP contribution in [0.5, 0.6) is 0 Å². The molecule has 1 aliphatic rings. The topological polar surface area (TPSA) is 90.1 Å². The van der Waals surface area contributed by atoms with Crippen molar-refractivity contribution in [3.05, 3.63) is 45.6 Å². The van der Waals surface area contributed by atoms with Gasteiger partial charge in [0.05, 0.1) is 16.3 Å². The number of anilines is 1. The van der Waals surface area contributed by atoms with Gasteiger partial charge in [-0.3, -0.25) is 14.9 Å². The summed E-state index contributed by atoms with van der Waals surface area (Å²) in [5.41, 5.74) is 2.72. The summed E-state index contributed by atoms with van der Waals surface area (Å²) >= 11 is 1.76. The summed E-state index contributed by atoms with van der Waals surface area (Å²) < 4.78 is 1.67. The van der Waals surface area contributed by atoms with Gasteiger partial charge in [0, 0.05) is 35.6 Å². The molecule has 1 aromatic heterocycles. The quantitative estimate of drug-likeness (QED) is 0.661. The van der Waals surface area contributed by atoms with Gasteiger partial charge < -0.3 is 5.32 Å². The lowest BCUT2D eigenvalue weighted by Crippen LogP contribution is -2.17. The number of nitrogens with zero attached hydrogens (tertiary/aromatic N) is 3. The molecule has 24 heavy (non-hydrogen) atoms. The molecule has 0 saturated carbocycles. The van der Waals surface area contributed by atoms with Crippen molar-refractivity contribution >= 4 is 29.2 Å². The molecule has 0 fully saturated rings. The molecule has 2 aromatic rings. The van der Waals surface area contributed by atoms with Gasteiger partial charge in [0.1, 0.15) is 5.82 Å². The van der Waals surface area contributed by atoms with Crippen LogP contribution in [0.2, 0.25) is 0 Å². The summed E-state index contributed by atoms with van der Waals surface area (Å²) in [7, 11) is 0. The van der Waals surface area contributed by atoms with E-state index in [2.05, 4.69) is 10.4 Å². The maximum atomic E-state index is 12.2. The van der Waals surface area contributed by atoms with E-state index in [-0.39, 0.29) is 17.5 Å². The lowest BCUT2D eigenvalue weighted by Gasteiger charge is -2.12. The van der Waals surface area contributed by atoms with Crippen molar-refractivity contribution in [2.75, 3.05) is 5.32 Å². The second-order valence-corrected chi connectivity index (χ2v) is 7.08. The number of hydrogen-bond acceptors (Lipinski definition) is 5. The Balaban J connectivity index is 1.95. The van der Waals surface area contributed by atoms with Gasteiger partial charge in [0.2, 0.25) is 5.91 Å². The molecule has 0 radical (unpaired) electrons. The fourth-order valence-electron chi connectivity index (χ4n) is 2.60. The average Bonchev–Trinajstić information content (AvgIpc) is 3.09. The first-order valence-electron chi connectivity index (χ1n) is 7.69. The molecule has 0 unspecified atom stereocenters. The number of carbonyl (C=O) groups is 1. The zero-order chi connectivity index (χ0) is 17.3. The first-order valence-corrected chi connectivity index (χ1v) is 8.84. The average molecular weight is 346 g/mol. The third-order valence-electron chi connectivity index (χ3n) is 3.71. The number of nitro groups is 1. The molecular weight excluding hydrogens is 328 g/mol. The van der Waals surface area contributed by atoms with E-state index in [1.165, 1.54) is 12.1 Å². The zero-order valence-electron chi connectivity index (χ0n) is 13.5. The predicted octanol–water partition coefficient (Wildman–Crippen LogP) is 3.51. The minimum Gasteiger partial charge on any atom is -0.310 e. The van der Waals surface area contributed by atoms with E-state index in [0.717, 1.165) is 22.8 Å². The lowest BCUT2D eigenvalue weighted by atomic mass is 10.1. The molecule has 0 bridgehead atoms. The van der Waals surface area contributed by atoms with Gasteiger partial charge in [-0.05, 0) is 18.1 Å². The standard InChI is InChI=1S/C16H18N4O3S/c1-10(2)7-15(21)17-16-13-8-24-9-14(13)18-19(16)11-3-5-12(6-4-11)20(22)23/h3-6,10H,7-9H2,1-2H3,(H,17,21). The van der Waals surface area contributed by atoms with Gasteiger partial charge >= 0.3 is 0 Å². The Labute approximate surface area is 143 Å². The van der Waals surface area contributed by atoms with Crippen LogP contribution in [0.4, 0.5) is 11.5 Å². The molecule has 0 saturated heterocycles. The van der Waals surface area contributed by atoms with Gasteiger partial charge in [-0.1, -0.05) is 13.8 Å². The molecule has 0 spiro atoms. The lowest BCUT2D eigenvalue weighted by molar-refractivity contribution is -0.384. The molecular formula is C16H18N4O3S. The van der Waals surface area contributed by atoms with Crippen molar-refractivity contribution in [1.82, 2.24) is 9.78 Å². The normalized spacial score (nSPS) is 13.1. The van der Waals surface area contributed by atoms with E-state index in [1.54, 1.807) is 28.6 Å². The van der Waals surface area contributed by atoms with E-state index in [0.29, 0.717) is 17.9 Å². The van der Waals surface area contributed by atoms with E-state index in [9.17, 15) is 14.9 Å². The van der Waals surface area contributed by atoms with E-state index < -0.39 is 4.92 Å². The van der Waals surface area contributed by atoms with Crippen LogP contribution in [0.1, 0.15) is 31.5 Å². The Bertz CT molecular complexity index is 783. The molecule has 1 aromatic carbocycles. The first-order chi connectivity index (χ1) is 11.5. The van der Waals surface area contributed by atoms with Crippen LogP contribution >= 0.6 is 11.8 Å². The fraction of sp³-hybridized carbons (Fsp3) is 0.375. The largest absolute Gasteiger partial charge is 0.310 e. The summed E-state index contributed by atoms with van der Waals surface area (Å²) in [6.07, 6.45) is 0.438. The molecule has 0 aliphatic carbocycles. The Morgan fingerprint density at radius 3 is 2.71 bits per heavy atom. The third kappa shape index (κ3) is 3.28. The van der Waals surface area contributed by atoms with Crippen LogP contribution in [0.15, 0.2) is 24.3 Å². The second kappa shape index (κ2) is 6.64. The number of nitrogens with one attached hydrogen (secondary N) is 1. The molecule has 1 amide bonds. The van der Waals surface area contributed by atoms with E-state index in [4.69, 9.17) is 0 Å². The van der Waals surface area contributed by atoms with Gasteiger partial charge in [-0.15, -0.1) is 0 Å². The van der Waals surface area contributed by atoms with Crippen molar-refractivity contribution < 1.29 is 9.72 Å². The summed E-state index contributed by atoms with van der Waals surface area (Å²) in [6, 6.07) is 6.17. The van der Waals surface area contributed by atoms with Gasteiger partial charge in [0.15, 0.2) is 0 Å². The van der Waals surface area contributed by atoms with Crippen LogP contribution in [0.25, 0.3) is 5.69 Å². The number of fused-ring (bicyclic) bond motifs is 1. The van der Waals surface area contributed by atoms with Crippen molar-refractivity contribution in [2.45, 2.75) is 31.8 Å². The van der Waals surface area contributed by atoms with Crippen LogP contribution in [-0.4, -0.2) is 20.6 Å². The van der Waals surface area contributed by atoms with Crippen LogP contribution in [0, 0.1) is 16.0 Å². The van der Waals surface area contributed by atoms with E-state index in [1.807, 2.05) is 13.8 Å². The molecule has 2 heterocycles. The summed E-state index contributed by atoms with van der Waals surface area (Å²) in [4.78, 5) is 22.6.